The summed E-state index contributed by atoms with van der Waals surface area (Å²) in [5.74, 6) is -1.91. The van der Waals surface area contributed by atoms with Crippen LogP contribution < -0.4 is 20.9 Å². The van der Waals surface area contributed by atoms with E-state index in [1.54, 1.807) is 25.8 Å². The Hall–Kier alpha value is -3.79. The maximum Gasteiger partial charge on any atom is 0.342 e. The number of carbonyl (C=O) groups is 1. The van der Waals surface area contributed by atoms with Gasteiger partial charge >= 0.3 is 12.0 Å². The number of β-amino-alcohol motifs (C(OH)–C–C–N with tert-alkyl or cyclic N) is 1. The summed E-state index contributed by atoms with van der Waals surface area (Å²) in [6.07, 6.45) is -2.89. The largest absolute Gasteiger partial charge is 0.459 e. The number of aliphatic hydroxyl groups is 1. The van der Waals surface area contributed by atoms with Crippen molar-refractivity contribution in [2.45, 2.75) is 75.3 Å². The lowest BCUT2D eigenvalue weighted by Crippen LogP contribution is -2.50. The number of nitrogens with one attached hydrogen (secondary N) is 2. The number of halogens is 3. The number of aromatic nitrogens is 3. The normalized spacial score (nSPS) is 27.4. The number of nitrogen functional groups attached to an aromatic ring is 1. The van der Waals surface area contributed by atoms with Crippen LogP contribution in [0.2, 0.25) is 0 Å². The smallest absolute Gasteiger partial charge is 0.342 e. The molecule has 2 aromatic rings. The lowest BCUT2D eigenvalue weighted by atomic mass is 9.72. The van der Waals surface area contributed by atoms with Gasteiger partial charge in [-0.25, -0.2) is 18.0 Å². The highest BCUT2D eigenvalue weighted by Gasteiger charge is 2.45. The molecule has 3 aliphatic rings. The molecule has 250 valence electrons. The molecule has 5 atom stereocenters. The summed E-state index contributed by atoms with van der Waals surface area (Å²) >= 11 is 1.26. The molecular weight excluding hydrogens is 631 g/mol. The quantitative estimate of drug-likeness (QED) is 0.189. The van der Waals surface area contributed by atoms with E-state index in [0.29, 0.717) is 29.8 Å². The molecule has 0 bridgehead atoms. The zero-order valence-electron chi connectivity index (χ0n) is 25.6. The second kappa shape index (κ2) is 13.1. The Bertz CT molecular complexity index is 1530. The van der Waals surface area contributed by atoms with Gasteiger partial charge in [0.15, 0.2) is 11.4 Å². The molecular formula is C28H36F3N9O5S. The predicted molar refractivity (Wildman–Crippen MR) is 160 cm³/mol. The molecule has 5 N–H and O–H groups in total. The first-order valence-electron chi connectivity index (χ1n) is 14.7. The number of ether oxygens (including phenoxy) is 2. The third kappa shape index (κ3) is 6.54. The number of thiophene rings is 1. The highest BCUT2D eigenvalue weighted by molar-refractivity contribution is 7.16. The van der Waals surface area contributed by atoms with E-state index in [4.69, 9.17) is 25.5 Å². The van der Waals surface area contributed by atoms with Crippen molar-refractivity contribution < 1.29 is 37.4 Å². The zero-order valence-corrected chi connectivity index (χ0v) is 26.4. The number of hydrogen-bond donors (Lipinski definition) is 4. The number of alkyl halides is 3. The zero-order chi connectivity index (χ0) is 33.4. The summed E-state index contributed by atoms with van der Waals surface area (Å²) < 4.78 is 52.8. The molecule has 0 amide bonds. The third-order valence-corrected chi connectivity index (χ3v) is 9.75. The van der Waals surface area contributed by atoms with Crippen molar-refractivity contribution >= 4 is 34.1 Å². The van der Waals surface area contributed by atoms with E-state index in [2.05, 4.69) is 26.5 Å². The number of hydroxylamine groups is 1. The molecule has 46 heavy (non-hydrogen) atoms. The van der Waals surface area contributed by atoms with Crippen molar-refractivity contribution in [1.29, 1.82) is 10.7 Å². The van der Waals surface area contributed by atoms with Gasteiger partial charge in [-0.1, -0.05) is 0 Å². The van der Waals surface area contributed by atoms with E-state index in [-0.39, 0.29) is 55.5 Å². The fourth-order valence-electron chi connectivity index (χ4n) is 6.15. The number of nitriles is 1. The van der Waals surface area contributed by atoms with E-state index in [9.17, 15) is 28.3 Å². The Kier molecular flexibility index (Phi) is 9.59. The molecule has 0 unspecified atom stereocenters. The Morgan fingerprint density at radius 1 is 1.37 bits per heavy atom. The molecule has 14 nitrogen and oxygen atoms in total. The molecule has 4 heterocycles. The predicted octanol–water partition coefficient (Wildman–Crippen LogP) is 1.70. The van der Waals surface area contributed by atoms with Crippen LogP contribution in [0.15, 0.2) is 0 Å². The van der Waals surface area contributed by atoms with E-state index in [1.807, 2.05) is 0 Å². The van der Waals surface area contributed by atoms with Crippen LogP contribution in [0.3, 0.4) is 0 Å². The van der Waals surface area contributed by atoms with Crippen molar-refractivity contribution in [3.8, 4) is 12.1 Å². The number of anilines is 2. The van der Waals surface area contributed by atoms with Gasteiger partial charge in [0, 0.05) is 29.6 Å². The highest BCUT2D eigenvalue weighted by atomic mass is 32.1. The lowest BCUT2D eigenvalue weighted by molar-refractivity contribution is -0.155. The monoisotopic (exact) mass is 667 g/mol. The first-order valence-corrected chi connectivity index (χ1v) is 15.6. The van der Waals surface area contributed by atoms with Crippen LogP contribution in [0.1, 0.15) is 54.9 Å². The molecule has 2 aliphatic heterocycles. The van der Waals surface area contributed by atoms with Crippen LogP contribution in [0.25, 0.3) is 0 Å². The van der Waals surface area contributed by atoms with Gasteiger partial charge in [0.05, 0.1) is 30.7 Å². The fraction of sp³-hybridized carbons (Fsp3) is 0.643. The number of amidine groups is 1. The average molecular weight is 668 g/mol. The van der Waals surface area contributed by atoms with Crippen LogP contribution in [0.5, 0.6) is 6.01 Å². The summed E-state index contributed by atoms with van der Waals surface area (Å²) in [7, 11) is 1.75. The van der Waals surface area contributed by atoms with Gasteiger partial charge in [-0.05, 0) is 46.6 Å². The standard InChI is InChI=1S/C28H36F3N9O5S/c1-14(17-9-15(29)11-39(17)3)44-26-36-22(35-25(37-26)40-7-8-43-13-28(42,12-40)23(30)31)20(33)38-45-24(41)27(2)6-4-5-18-19(27)16(10-32)21(34)46-18/h14-15,17,23,42H,4-9,11-13,34H2,1-3H3,(H2,33,38)/t14-,15+,17-,27-,28-/m0/s1. The number of nitrogens with zero attached hydrogens (tertiary/aromatic N) is 6. The first kappa shape index (κ1) is 33.6. The second-order valence-electron chi connectivity index (χ2n) is 12.1. The molecule has 0 saturated carbocycles. The summed E-state index contributed by atoms with van der Waals surface area (Å²) in [6, 6.07) is 1.47. The van der Waals surface area contributed by atoms with Gasteiger partial charge in [0.1, 0.15) is 23.3 Å². The number of nitrogens with two attached hydrogens (primary N) is 1. The van der Waals surface area contributed by atoms with Gasteiger partial charge in [0.25, 0.3) is 6.43 Å². The average Bonchev–Trinajstić information content (AvgIpc) is 3.45. The Labute approximate surface area is 267 Å². The number of aryl methyl sites for hydroxylation is 1. The van der Waals surface area contributed by atoms with Gasteiger partial charge in [-0.3, -0.25) is 10.3 Å². The second-order valence-corrected chi connectivity index (χ2v) is 13.2. The molecule has 0 radical (unpaired) electrons. The molecule has 2 saturated heterocycles. The fourth-order valence-corrected chi connectivity index (χ4v) is 7.34. The molecule has 0 spiro atoms. The maximum atomic E-state index is 14.1. The van der Waals surface area contributed by atoms with Crippen LogP contribution in [-0.4, -0.2) is 107 Å². The SMILES string of the molecule is C[C@H](Oc1nc(C(=N)NOC(=O)[C@@]2(C)CCCc3sc(N)c(C#N)c32)nc(N2CCOC[C@](O)(C(F)F)C2)n1)[C@@H]1C[C@@H](F)CN1C. The molecule has 2 aromatic heterocycles. The minimum Gasteiger partial charge on any atom is -0.459 e. The number of likely N-dealkylation sites (N-methyl/N-ethyl adjacent to an activating group) is 1. The van der Waals surface area contributed by atoms with Crippen molar-refractivity contribution in [3.63, 3.8) is 0 Å². The maximum absolute atomic E-state index is 14.1. The lowest BCUT2D eigenvalue weighted by Gasteiger charge is -2.31. The third-order valence-electron chi connectivity index (χ3n) is 8.67. The van der Waals surface area contributed by atoms with Crippen molar-refractivity contribution in [2.75, 3.05) is 50.5 Å². The molecule has 2 fully saturated rings. The van der Waals surface area contributed by atoms with Crippen LogP contribution in [0.4, 0.5) is 24.1 Å². The Morgan fingerprint density at radius 2 is 2.13 bits per heavy atom. The first-order chi connectivity index (χ1) is 21.8. The van der Waals surface area contributed by atoms with Gasteiger partial charge < -0.3 is 30.1 Å². The Balaban J connectivity index is 1.40. The molecule has 1 aliphatic carbocycles. The van der Waals surface area contributed by atoms with Gasteiger partial charge in [-0.2, -0.15) is 25.7 Å². The van der Waals surface area contributed by atoms with Gasteiger partial charge in [-0.15, -0.1) is 11.3 Å². The van der Waals surface area contributed by atoms with Crippen LogP contribution >= 0.6 is 11.3 Å². The Morgan fingerprint density at radius 3 is 2.80 bits per heavy atom. The molecule has 5 rings (SSSR count). The van der Waals surface area contributed by atoms with Crippen LogP contribution in [0, 0.1) is 16.7 Å². The summed E-state index contributed by atoms with van der Waals surface area (Å²) in [6.45, 7) is 2.35. The molecule has 0 aromatic carbocycles. The van der Waals surface area contributed by atoms with Crippen molar-refractivity contribution in [3.05, 3.63) is 21.8 Å². The van der Waals surface area contributed by atoms with E-state index < -0.39 is 54.7 Å². The van der Waals surface area contributed by atoms with Crippen molar-refractivity contribution in [2.24, 2.45) is 0 Å². The number of fused-ring (bicyclic) bond motifs is 1. The van der Waals surface area contributed by atoms with E-state index in [0.717, 1.165) is 4.88 Å². The number of likely N-dealkylation sites (tertiary alicyclic amines) is 1. The summed E-state index contributed by atoms with van der Waals surface area (Å²) in [4.78, 5) is 35.4. The van der Waals surface area contributed by atoms with Crippen molar-refractivity contribution in [1.82, 2.24) is 25.3 Å². The van der Waals surface area contributed by atoms with E-state index in [1.165, 1.54) is 16.2 Å². The summed E-state index contributed by atoms with van der Waals surface area (Å²) in [5.41, 5.74) is 5.30. The topological polar surface area (TPSA) is 196 Å². The number of carbonyl (C=O) groups excluding carboxylic acids is 1. The minimum atomic E-state index is -3.14. The molecule has 18 heteroatoms. The number of rotatable bonds is 7. The minimum absolute atomic E-state index is 0.0177. The number of hydrogen-bond acceptors (Lipinski definition) is 14. The van der Waals surface area contributed by atoms with Gasteiger partial charge in [0.2, 0.25) is 11.8 Å². The van der Waals surface area contributed by atoms with E-state index >= 15 is 0 Å². The summed E-state index contributed by atoms with van der Waals surface area (Å²) in [5, 5.41) is 29.2. The van der Waals surface area contributed by atoms with Crippen LogP contribution in [-0.2, 0) is 26.2 Å². The highest BCUT2D eigenvalue weighted by Crippen LogP contribution is 2.46.